The minimum atomic E-state index is -1.09. The molecule has 1 aliphatic carbocycles. The third kappa shape index (κ3) is 3.91. The number of nitrogens with one attached hydrogen (secondary N) is 1. The van der Waals surface area contributed by atoms with E-state index in [1.54, 1.807) is 6.92 Å². The Balaban J connectivity index is 1.97. The summed E-state index contributed by atoms with van der Waals surface area (Å²) in [7, 11) is 0. The molecule has 0 bridgehead atoms. The second kappa shape index (κ2) is 5.21. The van der Waals surface area contributed by atoms with E-state index in [0.717, 1.165) is 0 Å². The summed E-state index contributed by atoms with van der Waals surface area (Å²) in [5, 5.41) is 13.3. The Morgan fingerprint density at radius 2 is 2.00 bits per heavy atom. The van der Waals surface area contributed by atoms with Crippen molar-refractivity contribution in [2.75, 3.05) is 0 Å². The van der Waals surface area contributed by atoms with Crippen molar-refractivity contribution in [1.82, 2.24) is 15.3 Å². The number of alkyl carbamates (subject to hydrolysis) is 1. The van der Waals surface area contributed by atoms with Gasteiger partial charge in [0.2, 0.25) is 0 Å². The van der Waals surface area contributed by atoms with Crippen LogP contribution in [-0.4, -0.2) is 32.3 Å². The van der Waals surface area contributed by atoms with Crippen LogP contribution < -0.4 is 5.32 Å². The first-order valence-electron chi connectivity index (χ1n) is 6.73. The highest BCUT2D eigenvalue weighted by Crippen LogP contribution is 2.49. The minimum Gasteiger partial charge on any atom is -0.443 e. The van der Waals surface area contributed by atoms with Crippen LogP contribution in [0.15, 0.2) is 17.0 Å². The van der Waals surface area contributed by atoms with Gasteiger partial charge in [0.1, 0.15) is 15.8 Å². The summed E-state index contributed by atoms with van der Waals surface area (Å²) in [6.45, 7) is 7.44. The van der Waals surface area contributed by atoms with Crippen molar-refractivity contribution >= 4 is 22.0 Å². The maximum atomic E-state index is 11.8. The van der Waals surface area contributed by atoms with E-state index in [0.29, 0.717) is 23.1 Å². The summed E-state index contributed by atoms with van der Waals surface area (Å²) < 4.78 is 6.03. The molecule has 0 aromatic carbocycles. The van der Waals surface area contributed by atoms with Crippen LogP contribution in [0.2, 0.25) is 0 Å². The van der Waals surface area contributed by atoms with Crippen LogP contribution in [0.5, 0.6) is 0 Å². The lowest BCUT2D eigenvalue weighted by atomic mass is 9.66. The van der Waals surface area contributed by atoms with Crippen LogP contribution in [0.1, 0.15) is 46.2 Å². The van der Waals surface area contributed by atoms with Crippen molar-refractivity contribution in [3.8, 4) is 0 Å². The molecule has 7 heteroatoms. The van der Waals surface area contributed by atoms with E-state index in [1.807, 2.05) is 20.8 Å². The van der Waals surface area contributed by atoms with Gasteiger partial charge in [0.25, 0.3) is 0 Å². The summed E-state index contributed by atoms with van der Waals surface area (Å²) >= 11 is 3.20. The van der Waals surface area contributed by atoms with Crippen molar-refractivity contribution in [3.05, 3.63) is 22.7 Å². The molecule has 1 aromatic heterocycles. The van der Waals surface area contributed by atoms with Crippen LogP contribution in [-0.2, 0) is 10.3 Å². The average molecular weight is 358 g/mol. The molecule has 0 radical (unpaired) electrons. The molecular weight excluding hydrogens is 338 g/mol. The Morgan fingerprint density at radius 3 is 2.48 bits per heavy atom. The molecule has 1 saturated carbocycles. The average Bonchev–Trinajstić information content (AvgIpc) is 2.24. The minimum absolute atomic E-state index is 0.299. The van der Waals surface area contributed by atoms with Crippen molar-refractivity contribution in [3.63, 3.8) is 0 Å². The third-order valence-electron chi connectivity index (χ3n) is 3.25. The van der Waals surface area contributed by atoms with Crippen LogP contribution in [0, 0.1) is 0 Å². The smallest absolute Gasteiger partial charge is 0.408 e. The Morgan fingerprint density at radius 1 is 1.38 bits per heavy atom. The lowest BCUT2D eigenvalue weighted by Gasteiger charge is -2.49. The van der Waals surface area contributed by atoms with E-state index in [2.05, 4.69) is 31.2 Å². The second-order valence-electron chi connectivity index (χ2n) is 6.82. The van der Waals surface area contributed by atoms with Gasteiger partial charge in [-0.25, -0.2) is 9.78 Å². The molecule has 1 heterocycles. The van der Waals surface area contributed by atoms with Gasteiger partial charge < -0.3 is 15.2 Å². The van der Waals surface area contributed by atoms with Crippen LogP contribution >= 0.6 is 15.9 Å². The third-order valence-corrected chi connectivity index (χ3v) is 3.66. The molecule has 1 amide bonds. The van der Waals surface area contributed by atoms with E-state index in [-0.39, 0.29) is 5.54 Å². The van der Waals surface area contributed by atoms with E-state index < -0.39 is 17.3 Å². The lowest BCUT2D eigenvalue weighted by molar-refractivity contribution is -0.178. The molecule has 2 N–H and O–H groups in total. The second-order valence-corrected chi connectivity index (χ2v) is 7.64. The lowest BCUT2D eigenvalue weighted by Crippen LogP contribution is -2.57. The van der Waals surface area contributed by atoms with Gasteiger partial charge in [-0.15, -0.1) is 0 Å². The number of carbonyl (C=O) groups is 1. The summed E-state index contributed by atoms with van der Waals surface area (Å²) in [6.07, 6.45) is 3.19. The van der Waals surface area contributed by atoms with Gasteiger partial charge in [-0.05, 0) is 43.6 Å². The fourth-order valence-corrected chi connectivity index (χ4v) is 2.75. The number of nitrogens with zero attached hydrogens (tertiary/aromatic N) is 2. The zero-order valence-electron chi connectivity index (χ0n) is 12.6. The number of amides is 1. The number of halogens is 1. The first kappa shape index (κ1) is 16.2. The normalized spacial score (nSPS) is 28.7. The van der Waals surface area contributed by atoms with E-state index >= 15 is 0 Å². The number of aliphatic hydroxyl groups is 1. The first-order chi connectivity index (χ1) is 9.51. The molecule has 0 spiro atoms. The summed E-state index contributed by atoms with van der Waals surface area (Å²) in [5.41, 5.74) is -1.66. The predicted octanol–water partition coefficient (Wildman–Crippen LogP) is 2.50. The van der Waals surface area contributed by atoms with Crippen LogP contribution in [0.4, 0.5) is 4.79 Å². The number of aromatic nitrogens is 2. The molecule has 21 heavy (non-hydrogen) atoms. The molecule has 0 saturated heterocycles. The molecule has 1 aromatic rings. The van der Waals surface area contributed by atoms with Crippen molar-refractivity contribution in [2.24, 2.45) is 0 Å². The van der Waals surface area contributed by atoms with E-state index in [1.165, 1.54) is 12.4 Å². The zero-order valence-corrected chi connectivity index (χ0v) is 14.2. The fraction of sp³-hybridized carbons (Fsp3) is 0.643. The van der Waals surface area contributed by atoms with Crippen molar-refractivity contribution in [2.45, 2.75) is 57.3 Å². The molecule has 1 aliphatic rings. The SMILES string of the molecule is CC(C)(C)NC(=O)OC1(C)CC(O)(c2cnc(Br)cn2)C1. The maximum absolute atomic E-state index is 11.8. The Kier molecular flexibility index (Phi) is 4.01. The standard InChI is InChI=1S/C14H20BrN3O3/c1-12(2,3)18-11(19)21-13(4)7-14(20,8-13)9-5-17-10(15)6-16-9/h5-6,20H,7-8H2,1-4H3,(H,18,19). The van der Waals surface area contributed by atoms with Gasteiger partial charge in [0.05, 0.1) is 18.1 Å². The van der Waals surface area contributed by atoms with E-state index in [4.69, 9.17) is 4.74 Å². The van der Waals surface area contributed by atoms with Gasteiger partial charge in [-0.3, -0.25) is 4.98 Å². The number of ether oxygens (including phenoxy) is 1. The Hall–Kier alpha value is -1.21. The topological polar surface area (TPSA) is 84.3 Å². The van der Waals surface area contributed by atoms with Crippen LogP contribution in [0.3, 0.4) is 0 Å². The zero-order chi connectivity index (χ0) is 15.9. The number of rotatable bonds is 2. The highest BCUT2D eigenvalue weighted by Gasteiger charge is 2.55. The number of carbonyl (C=O) groups excluding carboxylic acids is 1. The van der Waals surface area contributed by atoms with Crippen LogP contribution in [0.25, 0.3) is 0 Å². The first-order valence-corrected chi connectivity index (χ1v) is 7.52. The van der Waals surface area contributed by atoms with Gasteiger partial charge in [-0.2, -0.15) is 0 Å². The fourth-order valence-electron chi connectivity index (χ4n) is 2.55. The largest absolute Gasteiger partial charge is 0.443 e. The summed E-state index contributed by atoms with van der Waals surface area (Å²) in [4.78, 5) is 20.0. The van der Waals surface area contributed by atoms with Gasteiger partial charge in [-0.1, -0.05) is 0 Å². The molecule has 0 unspecified atom stereocenters. The van der Waals surface area contributed by atoms with Gasteiger partial charge >= 0.3 is 6.09 Å². The highest BCUT2D eigenvalue weighted by molar-refractivity contribution is 9.10. The molecule has 1 fully saturated rings. The molecule has 0 atom stereocenters. The van der Waals surface area contributed by atoms with E-state index in [9.17, 15) is 9.90 Å². The van der Waals surface area contributed by atoms with Gasteiger partial charge in [0, 0.05) is 18.4 Å². The molecule has 6 nitrogen and oxygen atoms in total. The highest BCUT2D eigenvalue weighted by atomic mass is 79.9. The van der Waals surface area contributed by atoms with Crippen molar-refractivity contribution < 1.29 is 14.6 Å². The number of hydrogen-bond donors (Lipinski definition) is 2. The molecular formula is C14H20BrN3O3. The monoisotopic (exact) mass is 357 g/mol. The Labute approximate surface area is 132 Å². The number of hydrogen-bond acceptors (Lipinski definition) is 5. The quantitative estimate of drug-likeness (QED) is 0.849. The van der Waals surface area contributed by atoms with Crippen molar-refractivity contribution in [1.29, 1.82) is 0 Å². The summed E-state index contributed by atoms with van der Waals surface area (Å²) in [6, 6.07) is 0. The van der Waals surface area contributed by atoms with Gasteiger partial charge in [0.15, 0.2) is 0 Å². The molecule has 116 valence electrons. The predicted molar refractivity (Wildman–Crippen MR) is 80.6 cm³/mol. The Bertz CT molecular complexity index is 533. The molecule has 0 aliphatic heterocycles. The molecule has 2 rings (SSSR count). The maximum Gasteiger partial charge on any atom is 0.408 e. The summed E-state index contributed by atoms with van der Waals surface area (Å²) in [5.74, 6) is 0.